The van der Waals surface area contributed by atoms with Crippen molar-refractivity contribution < 1.29 is 5.11 Å². The molecule has 64 valence electrons. The molecule has 1 aromatic rings. The van der Waals surface area contributed by atoms with Gasteiger partial charge in [0.1, 0.15) is 5.75 Å². The number of hydrogen-bond donors (Lipinski definition) is 4. The highest BCUT2D eigenvalue weighted by Crippen LogP contribution is 2.15. The minimum atomic E-state index is -0.249. The lowest BCUT2D eigenvalue weighted by atomic mass is 10.3. The van der Waals surface area contributed by atoms with Crippen LogP contribution in [0, 0.1) is 5.41 Å². The Morgan fingerprint density at radius 1 is 1.33 bits per heavy atom. The SMILES string of the molecule is N=C(N)N(N)c1ccc(O)cc1. The number of nitrogens with one attached hydrogen (secondary N) is 1. The van der Waals surface area contributed by atoms with Crippen molar-refractivity contribution in [2.75, 3.05) is 5.01 Å². The zero-order valence-corrected chi connectivity index (χ0v) is 6.36. The van der Waals surface area contributed by atoms with E-state index in [4.69, 9.17) is 22.1 Å². The summed E-state index contributed by atoms with van der Waals surface area (Å²) in [5.41, 5.74) is 5.68. The Hall–Kier alpha value is -1.75. The maximum atomic E-state index is 8.93. The van der Waals surface area contributed by atoms with Gasteiger partial charge in [-0.3, -0.25) is 5.41 Å². The van der Waals surface area contributed by atoms with Gasteiger partial charge in [-0.25, -0.2) is 10.9 Å². The molecule has 0 fully saturated rings. The molecular formula is C7H10N4O. The lowest BCUT2D eigenvalue weighted by Gasteiger charge is -2.15. The summed E-state index contributed by atoms with van der Waals surface area (Å²) in [6.45, 7) is 0. The maximum absolute atomic E-state index is 8.93. The van der Waals surface area contributed by atoms with E-state index in [2.05, 4.69) is 0 Å². The van der Waals surface area contributed by atoms with Crippen molar-refractivity contribution in [3.63, 3.8) is 0 Å². The van der Waals surface area contributed by atoms with Gasteiger partial charge in [0, 0.05) is 0 Å². The quantitative estimate of drug-likeness (QED) is 0.204. The Labute approximate surface area is 69.7 Å². The van der Waals surface area contributed by atoms with Crippen molar-refractivity contribution >= 4 is 11.6 Å². The Morgan fingerprint density at radius 3 is 2.25 bits per heavy atom. The van der Waals surface area contributed by atoms with Gasteiger partial charge in [-0.2, -0.15) is 0 Å². The molecule has 0 radical (unpaired) electrons. The number of guanidine groups is 1. The van der Waals surface area contributed by atoms with Crippen LogP contribution in [0.1, 0.15) is 0 Å². The van der Waals surface area contributed by atoms with Crippen LogP contribution in [0.2, 0.25) is 0 Å². The molecule has 12 heavy (non-hydrogen) atoms. The zero-order chi connectivity index (χ0) is 9.14. The number of benzene rings is 1. The van der Waals surface area contributed by atoms with Crippen LogP contribution >= 0.6 is 0 Å². The van der Waals surface area contributed by atoms with Gasteiger partial charge in [-0.05, 0) is 24.3 Å². The second-order valence-electron chi connectivity index (χ2n) is 2.27. The summed E-state index contributed by atoms with van der Waals surface area (Å²) in [5, 5.41) is 17.0. The van der Waals surface area contributed by atoms with Crippen LogP contribution in [0.5, 0.6) is 5.75 Å². The van der Waals surface area contributed by atoms with Crippen LogP contribution in [0.4, 0.5) is 5.69 Å². The van der Waals surface area contributed by atoms with Crippen molar-refractivity contribution in [2.24, 2.45) is 11.6 Å². The van der Waals surface area contributed by atoms with Crippen molar-refractivity contribution in [1.82, 2.24) is 0 Å². The average molecular weight is 166 g/mol. The van der Waals surface area contributed by atoms with Crippen LogP contribution < -0.4 is 16.6 Å². The van der Waals surface area contributed by atoms with E-state index in [9.17, 15) is 0 Å². The summed E-state index contributed by atoms with van der Waals surface area (Å²) >= 11 is 0. The Morgan fingerprint density at radius 2 is 1.83 bits per heavy atom. The number of rotatable bonds is 1. The lowest BCUT2D eigenvalue weighted by molar-refractivity contribution is 0.475. The normalized spacial score (nSPS) is 9.42. The second kappa shape index (κ2) is 3.10. The molecule has 5 heteroatoms. The van der Waals surface area contributed by atoms with E-state index < -0.39 is 0 Å². The number of nitrogens with two attached hydrogens (primary N) is 2. The predicted molar refractivity (Wildman–Crippen MR) is 46.7 cm³/mol. The van der Waals surface area contributed by atoms with Crippen molar-refractivity contribution in [3.05, 3.63) is 24.3 Å². The maximum Gasteiger partial charge on any atom is 0.207 e. The Balaban J connectivity index is 2.89. The van der Waals surface area contributed by atoms with Gasteiger partial charge in [0.05, 0.1) is 5.69 Å². The largest absolute Gasteiger partial charge is 0.508 e. The number of anilines is 1. The molecule has 0 aliphatic heterocycles. The van der Waals surface area contributed by atoms with Gasteiger partial charge in [-0.15, -0.1) is 0 Å². The number of hydrazine groups is 1. The first kappa shape index (κ1) is 8.35. The molecule has 0 amide bonds. The smallest absolute Gasteiger partial charge is 0.207 e. The average Bonchev–Trinajstić information content (AvgIpc) is 2.04. The van der Waals surface area contributed by atoms with Gasteiger partial charge in [-0.1, -0.05) is 0 Å². The minimum absolute atomic E-state index is 0.149. The molecule has 0 heterocycles. The molecule has 1 rings (SSSR count). The molecule has 6 N–H and O–H groups in total. The number of phenols is 1. The van der Waals surface area contributed by atoms with Gasteiger partial charge < -0.3 is 10.8 Å². The number of aromatic hydroxyl groups is 1. The van der Waals surface area contributed by atoms with Crippen LogP contribution in [0.25, 0.3) is 0 Å². The molecule has 0 atom stereocenters. The van der Waals surface area contributed by atoms with E-state index >= 15 is 0 Å². The summed E-state index contributed by atoms with van der Waals surface area (Å²) in [5.74, 6) is 5.29. The highest BCUT2D eigenvalue weighted by atomic mass is 16.3. The fraction of sp³-hybridized carbons (Fsp3) is 0. The predicted octanol–water partition coefficient (Wildman–Crippen LogP) is -0.0342. The topological polar surface area (TPSA) is 99.4 Å². The first-order valence-electron chi connectivity index (χ1n) is 3.29. The molecule has 0 aliphatic carbocycles. The second-order valence-corrected chi connectivity index (χ2v) is 2.27. The summed E-state index contributed by atoms with van der Waals surface area (Å²) in [6, 6.07) is 6.07. The van der Waals surface area contributed by atoms with Crippen molar-refractivity contribution in [2.45, 2.75) is 0 Å². The fourth-order valence-electron chi connectivity index (χ4n) is 0.752. The summed E-state index contributed by atoms with van der Waals surface area (Å²) in [7, 11) is 0. The van der Waals surface area contributed by atoms with E-state index in [1.807, 2.05) is 0 Å². The molecule has 0 saturated heterocycles. The van der Waals surface area contributed by atoms with Crippen LogP contribution in [0.15, 0.2) is 24.3 Å². The molecule has 1 aromatic carbocycles. The minimum Gasteiger partial charge on any atom is -0.508 e. The van der Waals surface area contributed by atoms with Gasteiger partial charge >= 0.3 is 0 Å². The molecule has 0 bridgehead atoms. The molecule has 0 spiro atoms. The van der Waals surface area contributed by atoms with Crippen LogP contribution in [-0.4, -0.2) is 11.1 Å². The van der Waals surface area contributed by atoms with E-state index in [0.717, 1.165) is 5.01 Å². The first-order chi connectivity index (χ1) is 5.61. The summed E-state index contributed by atoms with van der Waals surface area (Å²) in [6.07, 6.45) is 0. The molecule has 5 nitrogen and oxygen atoms in total. The molecular weight excluding hydrogens is 156 g/mol. The van der Waals surface area contributed by atoms with Crippen LogP contribution in [-0.2, 0) is 0 Å². The van der Waals surface area contributed by atoms with E-state index in [-0.39, 0.29) is 11.7 Å². The molecule has 0 aromatic heterocycles. The van der Waals surface area contributed by atoms with Crippen molar-refractivity contribution in [1.29, 1.82) is 5.41 Å². The van der Waals surface area contributed by atoms with Crippen molar-refractivity contribution in [3.8, 4) is 5.75 Å². The van der Waals surface area contributed by atoms with E-state index in [1.54, 1.807) is 12.1 Å². The highest BCUT2D eigenvalue weighted by molar-refractivity contribution is 5.91. The third-order valence-corrected chi connectivity index (χ3v) is 1.39. The highest BCUT2D eigenvalue weighted by Gasteiger charge is 2.02. The van der Waals surface area contributed by atoms with E-state index in [0.29, 0.717) is 5.69 Å². The number of nitrogens with zero attached hydrogens (tertiary/aromatic N) is 1. The van der Waals surface area contributed by atoms with Gasteiger partial charge in [0.15, 0.2) is 0 Å². The van der Waals surface area contributed by atoms with Gasteiger partial charge in [0.25, 0.3) is 0 Å². The van der Waals surface area contributed by atoms with E-state index in [1.165, 1.54) is 12.1 Å². The standard InChI is InChI=1S/C7H10N4O/c8-7(9)11(10)5-1-3-6(12)4-2-5/h1-4,12H,10H2,(H3,8,9). The molecule has 0 unspecified atom stereocenters. The summed E-state index contributed by atoms with van der Waals surface area (Å²) < 4.78 is 0. The fourth-order valence-corrected chi connectivity index (χ4v) is 0.752. The van der Waals surface area contributed by atoms with Crippen LogP contribution in [0.3, 0.4) is 0 Å². The number of hydrogen-bond acceptors (Lipinski definition) is 3. The molecule has 0 aliphatic rings. The monoisotopic (exact) mass is 166 g/mol. The summed E-state index contributed by atoms with van der Waals surface area (Å²) in [4.78, 5) is 0. The van der Waals surface area contributed by atoms with Gasteiger partial charge in [0.2, 0.25) is 5.96 Å². The Kier molecular flexibility index (Phi) is 2.16. The Bertz CT molecular complexity index is 282. The third kappa shape index (κ3) is 1.64. The zero-order valence-electron chi connectivity index (χ0n) is 6.36. The third-order valence-electron chi connectivity index (χ3n) is 1.39. The lowest BCUT2D eigenvalue weighted by Crippen LogP contribution is -2.42. The molecule has 0 saturated carbocycles. The first-order valence-corrected chi connectivity index (χ1v) is 3.29. The number of phenolic OH excluding ortho intramolecular Hbond substituents is 1.